The van der Waals surface area contributed by atoms with Crippen LogP contribution in [-0.4, -0.2) is 23.4 Å². The lowest BCUT2D eigenvalue weighted by Gasteiger charge is -2.04. The molecular weight excluding hydrogens is 248 g/mol. The number of hydrogen-bond donors (Lipinski definition) is 1. The molecule has 7 nitrogen and oxygen atoms in total. The lowest BCUT2D eigenvalue weighted by molar-refractivity contribution is -0.669. The van der Waals surface area contributed by atoms with E-state index in [-0.39, 0.29) is 29.5 Å². The number of esters is 1. The first kappa shape index (κ1) is 13.2. The van der Waals surface area contributed by atoms with Crippen LogP contribution >= 0.6 is 11.6 Å². The first-order valence-corrected chi connectivity index (χ1v) is 5.15. The second-order valence-corrected chi connectivity index (χ2v) is 3.39. The van der Waals surface area contributed by atoms with Crippen LogP contribution < -0.4 is 10.7 Å². The van der Waals surface area contributed by atoms with Crippen LogP contribution in [0.25, 0.3) is 0 Å². The standard InChI is InChI=1S/C9H11ClN4O3/c1-2-17-9(15)8(12-11)5-7-6(10)3-4-14(16)13-7/h3-4H,2,5,11H2,1H3/b12-8-. The molecule has 1 rings (SSSR count). The third kappa shape index (κ3) is 3.56. The number of rotatable bonds is 4. The summed E-state index contributed by atoms with van der Waals surface area (Å²) in [6.45, 7) is 1.86. The second kappa shape index (κ2) is 6.00. The number of nitrogens with zero attached hydrogens (tertiary/aromatic N) is 3. The van der Waals surface area contributed by atoms with E-state index in [0.717, 1.165) is 6.20 Å². The van der Waals surface area contributed by atoms with Gasteiger partial charge in [0.25, 0.3) is 0 Å². The molecule has 0 aromatic carbocycles. The summed E-state index contributed by atoms with van der Waals surface area (Å²) in [4.78, 5) is 11.7. The average molecular weight is 259 g/mol. The zero-order chi connectivity index (χ0) is 12.8. The Bertz CT molecular complexity index is 450. The van der Waals surface area contributed by atoms with Crippen molar-refractivity contribution in [2.75, 3.05) is 6.61 Å². The number of nitrogens with two attached hydrogens (primary N) is 1. The molecule has 0 aliphatic carbocycles. The Morgan fingerprint density at radius 3 is 3.06 bits per heavy atom. The summed E-state index contributed by atoms with van der Waals surface area (Å²) < 4.78 is 4.73. The van der Waals surface area contributed by atoms with Crippen molar-refractivity contribution in [1.29, 1.82) is 0 Å². The van der Waals surface area contributed by atoms with Gasteiger partial charge in [-0.25, -0.2) is 4.79 Å². The van der Waals surface area contributed by atoms with Crippen LogP contribution in [-0.2, 0) is 16.0 Å². The summed E-state index contributed by atoms with van der Waals surface area (Å²) in [5, 5.41) is 18.1. The molecule has 92 valence electrons. The highest BCUT2D eigenvalue weighted by molar-refractivity contribution is 6.37. The van der Waals surface area contributed by atoms with Crippen molar-refractivity contribution in [3.05, 3.63) is 28.2 Å². The number of hydrazone groups is 1. The van der Waals surface area contributed by atoms with E-state index < -0.39 is 5.97 Å². The Balaban J connectivity index is 2.88. The summed E-state index contributed by atoms with van der Waals surface area (Å²) >= 11 is 5.82. The number of hydrogen-bond acceptors (Lipinski definition) is 6. The monoisotopic (exact) mass is 258 g/mol. The van der Waals surface area contributed by atoms with Crippen molar-refractivity contribution in [3.63, 3.8) is 0 Å². The van der Waals surface area contributed by atoms with E-state index in [4.69, 9.17) is 22.2 Å². The predicted molar refractivity (Wildman–Crippen MR) is 60.2 cm³/mol. The van der Waals surface area contributed by atoms with Crippen LogP contribution in [0.3, 0.4) is 0 Å². The van der Waals surface area contributed by atoms with Crippen LogP contribution in [0.15, 0.2) is 17.4 Å². The van der Waals surface area contributed by atoms with Gasteiger partial charge < -0.3 is 15.8 Å². The van der Waals surface area contributed by atoms with Gasteiger partial charge in [-0.05, 0) is 6.92 Å². The number of aromatic nitrogens is 2. The van der Waals surface area contributed by atoms with Crippen LogP contribution in [0.4, 0.5) is 0 Å². The Kier molecular flexibility index (Phi) is 4.65. The molecule has 0 atom stereocenters. The molecule has 0 aliphatic rings. The molecule has 1 aromatic rings. The van der Waals surface area contributed by atoms with Crippen molar-refractivity contribution in [1.82, 2.24) is 5.10 Å². The highest BCUT2D eigenvalue weighted by Gasteiger charge is 2.18. The fraction of sp³-hybridized carbons (Fsp3) is 0.333. The predicted octanol–water partition coefficient (Wildman–Crippen LogP) is -0.211. The molecule has 17 heavy (non-hydrogen) atoms. The molecule has 2 N–H and O–H groups in total. The fourth-order valence-corrected chi connectivity index (χ4v) is 1.25. The van der Waals surface area contributed by atoms with Crippen LogP contribution in [0, 0.1) is 5.21 Å². The Hall–Kier alpha value is -1.89. The molecule has 0 spiro atoms. The fourth-order valence-electron chi connectivity index (χ4n) is 1.09. The molecule has 0 fully saturated rings. The molecule has 1 aromatic heterocycles. The smallest absolute Gasteiger partial charge is 0.354 e. The third-order valence-corrected chi connectivity index (χ3v) is 2.19. The normalized spacial score (nSPS) is 11.3. The van der Waals surface area contributed by atoms with Crippen LogP contribution in [0.2, 0.25) is 5.02 Å². The highest BCUT2D eigenvalue weighted by Crippen LogP contribution is 2.11. The maximum absolute atomic E-state index is 11.4. The van der Waals surface area contributed by atoms with E-state index in [0.29, 0.717) is 4.85 Å². The van der Waals surface area contributed by atoms with E-state index in [9.17, 15) is 10.0 Å². The van der Waals surface area contributed by atoms with Gasteiger partial charge in [0.05, 0.1) is 11.6 Å². The molecule has 0 amide bonds. The summed E-state index contributed by atoms with van der Waals surface area (Å²) in [7, 11) is 0. The maximum atomic E-state index is 11.4. The zero-order valence-electron chi connectivity index (χ0n) is 9.09. The van der Waals surface area contributed by atoms with Gasteiger partial charge in [0.1, 0.15) is 5.69 Å². The Labute approximate surface area is 102 Å². The molecule has 0 radical (unpaired) electrons. The molecule has 0 unspecified atom stereocenters. The summed E-state index contributed by atoms with van der Waals surface area (Å²) in [6, 6.07) is 1.37. The minimum Gasteiger partial charge on any atom is -0.594 e. The molecule has 0 bridgehead atoms. The highest BCUT2D eigenvalue weighted by atomic mass is 35.5. The first-order valence-electron chi connectivity index (χ1n) is 4.77. The SMILES string of the molecule is CCOC(=O)/C(Cc1n[n+]([O-])ccc1Cl)=N\N. The van der Waals surface area contributed by atoms with Crippen molar-refractivity contribution >= 4 is 23.3 Å². The Morgan fingerprint density at radius 1 is 1.76 bits per heavy atom. The summed E-state index contributed by atoms with van der Waals surface area (Å²) in [6.07, 6.45) is 1.09. The number of ether oxygens (including phenoxy) is 1. The zero-order valence-corrected chi connectivity index (χ0v) is 9.85. The van der Waals surface area contributed by atoms with Gasteiger partial charge in [-0.1, -0.05) is 16.4 Å². The van der Waals surface area contributed by atoms with Gasteiger partial charge in [-0.3, -0.25) is 0 Å². The van der Waals surface area contributed by atoms with Gasteiger partial charge in [-0.2, -0.15) is 5.10 Å². The maximum Gasteiger partial charge on any atom is 0.354 e. The largest absolute Gasteiger partial charge is 0.594 e. The molecule has 0 saturated heterocycles. The Morgan fingerprint density at radius 2 is 2.47 bits per heavy atom. The molecular formula is C9H11ClN4O3. The molecule has 0 aliphatic heterocycles. The van der Waals surface area contributed by atoms with Crippen molar-refractivity contribution in [2.24, 2.45) is 10.9 Å². The van der Waals surface area contributed by atoms with Gasteiger partial charge in [0.2, 0.25) is 6.20 Å². The van der Waals surface area contributed by atoms with E-state index >= 15 is 0 Å². The molecule has 1 heterocycles. The topological polar surface area (TPSA) is 105 Å². The quantitative estimate of drug-likeness (QED) is 0.201. The van der Waals surface area contributed by atoms with Crippen molar-refractivity contribution in [3.8, 4) is 0 Å². The molecule has 0 saturated carbocycles. The van der Waals surface area contributed by atoms with Gasteiger partial charge in [-0.15, -0.1) is 0 Å². The van der Waals surface area contributed by atoms with Crippen molar-refractivity contribution < 1.29 is 14.4 Å². The van der Waals surface area contributed by atoms with E-state index in [1.54, 1.807) is 6.92 Å². The second-order valence-electron chi connectivity index (χ2n) is 2.99. The van der Waals surface area contributed by atoms with E-state index in [2.05, 4.69) is 10.2 Å². The van der Waals surface area contributed by atoms with Crippen molar-refractivity contribution in [2.45, 2.75) is 13.3 Å². The van der Waals surface area contributed by atoms with Gasteiger partial charge in [0, 0.05) is 17.6 Å². The van der Waals surface area contributed by atoms with Gasteiger partial charge in [0.15, 0.2) is 5.71 Å². The van der Waals surface area contributed by atoms with Crippen LogP contribution in [0.5, 0.6) is 0 Å². The van der Waals surface area contributed by atoms with E-state index in [1.165, 1.54) is 6.07 Å². The number of carbonyl (C=O) groups is 1. The van der Waals surface area contributed by atoms with Gasteiger partial charge >= 0.3 is 5.97 Å². The minimum atomic E-state index is -0.658. The lowest BCUT2D eigenvalue weighted by Crippen LogP contribution is -2.33. The third-order valence-electron chi connectivity index (χ3n) is 1.85. The molecule has 8 heteroatoms. The van der Waals surface area contributed by atoms with E-state index in [1.807, 2.05) is 0 Å². The average Bonchev–Trinajstić information content (AvgIpc) is 2.30. The first-order chi connectivity index (χ1) is 8.08. The van der Waals surface area contributed by atoms with Crippen LogP contribution in [0.1, 0.15) is 12.6 Å². The number of carbonyl (C=O) groups excluding carboxylic acids is 1. The number of halogens is 1. The summed E-state index contributed by atoms with van der Waals surface area (Å²) in [5.74, 6) is 4.41. The lowest BCUT2D eigenvalue weighted by atomic mass is 10.2. The minimum absolute atomic E-state index is 0.0487. The summed E-state index contributed by atoms with van der Waals surface area (Å²) in [5.41, 5.74) is 0.161.